The van der Waals surface area contributed by atoms with Gasteiger partial charge in [0.05, 0.1) is 17.9 Å². The Kier molecular flexibility index (Phi) is 3.05. The standard InChI is InChI=1S/C13H13FN2O2/c14-10-4-8(11(16)6-12(17)18)3-9(5-10)13(7-15)1-2-13/h3-5,11H,1-2,6,16H2,(H,17,18). The lowest BCUT2D eigenvalue weighted by molar-refractivity contribution is -0.137. The molecule has 0 amide bonds. The lowest BCUT2D eigenvalue weighted by atomic mass is 9.93. The van der Waals surface area contributed by atoms with Crippen molar-refractivity contribution < 1.29 is 14.3 Å². The first-order valence-electron chi connectivity index (χ1n) is 5.66. The molecule has 1 aliphatic rings. The van der Waals surface area contributed by atoms with Gasteiger partial charge in [0, 0.05) is 6.04 Å². The smallest absolute Gasteiger partial charge is 0.305 e. The topological polar surface area (TPSA) is 87.1 Å². The average Bonchev–Trinajstić information content (AvgIpc) is 3.08. The van der Waals surface area contributed by atoms with Gasteiger partial charge in [-0.1, -0.05) is 6.07 Å². The predicted octanol–water partition coefficient (Wildman–Crippen LogP) is 1.86. The first kappa shape index (κ1) is 12.5. The number of carboxylic acids is 1. The molecule has 94 valence electrons. The third-order valence-corrected chi connectivity index (χ3v) is 3.26. The molecule has 2 rings (SSSR count). The van der Waals surface area contributed by atoms with E-state index in [1.165, 1.54) is 12.1 Å². The molecule has 0 aliphatic heterocycles. The van der Waals surface area contributed by atoms with Crippen molar-refractivity contribution >= 4 is 5.97 Å². The summed E-state index contributed by atoms with van der Waals surface area (Å²) >= 11 is 0. The van der Waals surface area contributed by atoms with Crippen LogP contribution in [0.15, 0.2) is 18.2 Å². The van der Waals surface area contributed by atoms with Crippen LogP contribution in [0.1, 0.15) is 36.4 Å². The highest BCUT2D eigenvalue weighted by atomic mass is 19.1. The predicted molar refractivity (Wildman–Crippen MR) is 62.1 cm³/mol. The van der Waals surface area contributed by atoms with E-state index < -0.39 is 23.2 Å². The van der Waals surface area contributed by atoms with Crippen molar-refractivity contribution in [1.29, 1.82) is 5.26 Å². The molecule has 1 aromatic rings. The molecule has 0 heterocycles. The summed E-state index contributed by atoms with van der Waals surface area (Å²) in [6.45, 7) is 0. The maximum Gasteiger partial charge on any atom is 0.305 e. The Balaban J connectivity index is 2.33. The summed E-state index contributed by atoms with van der Waals surface area (Å²) < 4.78 is 13.5. The van der Waals surface area contributed by atoms with Crippen molar-refractivity contribution in [2.24, 2.45) is 5.73 Å². The van der Waals surface area contributed by atoms with E-state index in [0.717, 1.165) is 0 Å². The minimum absolute atomic E-state index is 0.261. The maximum atomic E-state index is 13.5. The highest BCUT2D eigenvalue weighted by molar-refractivity contribution is 5.68. The molecular weight excluding hydrogens is 235 g/mol. The SMILES string of the molecule is N#CC1(c2cc(F)cc(C(N)CC(=O)O)c2)CC1. The number of aliphatic carboxylic acids is 1. The quantitative estimate of drug-likeness (QED) is 0.851. The van der Waals surface area contributed by atoms with Crippen LogP contribution in [0.3, 0.4) is 0 Å². The Hall–Kier alpha value is -1.93. The van der Waals surface area contributed by atoms with Crippen LogP contribution >= 0.6 is 0 Å². The van der Waals surface area contributed by atoms with Crippen molar-refractivity contribution in [2.45, 2.75) is 30.7 Å². The summed E-state index contributed by atoms with van der Waals surface area (Å²) in [5, 5.41) is 17.8. The number of hydrogen-bond acceptors (Lipinski definition) is 3. The van der Waals surface area contributed by atoms with Crippen LogP contribution in [0.4, 0.5) is 4.39 Å². The second-order valence-corrected chi connectivity index (χ2v) is 4.67. The second kappa shape index (κ2) is 4.39. The van der Waals surface area contributed by atoms with Crippen molar-refractivity contribution in [1.82, 2.24) is 0 Å². The molecule has 0 aromatic heterocycles. The third kappa shape index (κ3) is 2.34. The molecule has 0 radical (unpaired) electrons. The number of carbonyl (C=O) groups is 1. The number of carboxylic acid groups (broad SMARTS) is 1. The van der Waals surface area contributed by atoms with E-state index in [4.69, 9.17) is 16.1 Å². The van der Waals surface area contributed by atoms with Crippen molar-refractivity contribution in [3.63, 3.8) is 0 Å². The Morgan fingerprint density at radius 3 is 2.72 bits per heavy atom. The summed E-state index contributed by atoms with van der Waals surface area (Å²) in [5.74, 6) is -1.51. The van der Waals surface area contributed by atoms with E-state index >= 15 is 0 Å². The minimum Gasteiger partial charge on any atom is -0.481 e. The van der Waals surface area contributed by atoms with Gasteiger partial charge in [-0.25, -0.2) is 4.39 Å². The summed E-state index contributed by atoms with van der Waals surface area (Å²) in [4.78, 5) is 10.6. The molecule has 0 bridgehead atoms. The number of nitrogens with zero attached hydrogens (tertiary/aromatic N) is 1. The summed E-state index contributed by atoms with van der Waals surface area (Å²) in [6.07, 6.45) is 1.16. The van der Waals surface area contributed by atoms with Gasteiger partial charge in [0.15, 0.2) is 0 Å². The van der Waals surface area contributed by atoms with Gasteiger partial charge in [-0.05, 0) is 36.1 Å². The summed E-state index contributed by atoms with van der Waals surface area (Å²) in [7, 11) is 0. The first-order valence-corrected chi connectivity index (χ1v) is 5.66. The number of benzene rings is 1. The Labute approximate surface area is 104 Å². The summed E-state index contributed by atoms with van der Waals surface area (Å²) in [5.41, 5.74) is 6.13. The number of nitrogens with two attached hydrogens (primary N) is 1. The highest BCUT2D eigenvalue weighted by Gasteiger charge is 2.45. The zero-order chi connectivity index (χ0) is 13.3. The van der Waals surface area contributed by atoms with Gasteiger partial charge in [0.2, 0.25) is 0 Å². The van der Waals surface area contributed by atoms with Crippen LogP contribution in [-0.4, -0.2) is 11.1 Å². The largest absolute Gasteiger partial charge is 0.481 e. The average molecular weight is 248 g/mol. The molecule has 1 saturated carbocycles. The van der Waals surface area contributed by atoms with Gasteiger partial charge in [-0.3, -0.25) is 4.79 Å². The zero-order valence-electron chi connectivity index (χ0n) is 9.69. The lowest BCUT2D eigenvalue weighted by Gasteiger charge is -2.13. The molecule has 1 fully saturated rings. The molecule has 18 heavy (non-hydrogen) atoms. The minimum atomic E-state index is -1.03. The van der Waals surface area contributed by atoms with E-state index in [1.54, 1.807) is 6.07 Å². The number of halogens is 1. The molecule has 0 spiro atoms. The van der Waals surface area contributed by atoms with Gasteiger partial charge in [-0.2, -0.15) is 5.26 Å². The van der Waals surface area contributed by atoms with Gasteiger partial charge in [-0.15, -0.1) is 0 Å². The van der Waals surface area contributed by atoms with Crippen LogP contribution in [0, 0.1) is 17.1 Å². The van der Waals surface area contributed by atoms with Crippen molar-refractivity contribution in [2.75, 3.05) is 0 Å². The molecule has 4 nitrogen and oxygen atoms in total. The van der Waals surface area contributed by atoms with Gasteiger partial charge in [0.1, 0.15) is 5.82 Å². The van der Waals surface area contributed by atoms with Crippen molar-refractivity contribution in [3.05, 3.63) is 35.1 Å². The molecular formula is C13H13FN2O2. The lowest BCUT2D eigenvalue weighted by Crippen LogP contribution is -2.16. The van der Waals surface area contributed by atoms with Crippen LogP contribution < -0.4 is 5.73 Å². The van der Waals surface area contributed by atoms with E-state index in [1.807, 2.05) is 0 Å². The van der Waals surface area contributed by atoms with E-state index in [-0.39, 0.29) is 6.42 Å². The Morgan fingerprint density at radius 2 is 2.22 bits per heavy atom. The molecule has 1 unspecified atom stereocenters. The molecule has 0 saturated heterocycles. The third-order valence-electron chi connectivity index (χ3n) is 3.26. The Bertz CT molecular complexity index is 532. The van der Waals surface area contributed by atoms with Gasteiger partial charge >= 0.3 is 5.97 Å². The van der Waals surface area contributed by atoms with E-state index in [9.17, 15) is 9.18 Å². The summed E-state index contributed by atoms with van der Waals surface area (Å²) in [6, 6.07) is 5.62. The molecule has 3 N–H and O–H groups in total. The van der Waals surface area contributed by atoms with Crippen LogP contribution in [-0.2, 0) is 10.2 Å². The number of rotatable bonds is 4. The monoisotopic (exact) mass is 248 g/mol. The molecule has 1 aromatic carbocycles. The van der Waals surface area contributed by atoms with E-state index in [0.29, 0.717) is 24.0 Å². The highest BCUT2D eigenvalue weighted by Crippen LogP contribution is 2.48. The molecule has 5 heteroatoms. The Morgan fingerprint density at radius 1 is 1.56 bits per heavy atom. The fourth-order valence-corrected chi connectivity index (χ4v) is 2.00. The van der Waals surface area contributed by atoms with Gasteiger partial charge < -0.3 is 10.8 Å². The fraction of sp³-hybridized carbons (Fsp3) is 0.385. The maximum absolute atomic E-state index is 13.5. The van der Waals surface area contributed by atoms with Gasteiger partial charge in [0.25, 0.3) is 0 Å². The fourth-order valence-electron chi connectivity index (χ4n) is 2.00. The van der Waals surface area contributed by atoms with Crippen LogP contribution in [0.2, 0.25) is 0 Å². The number of hydrogen-bond donors (Lipinski definition) is 2. The second-order valence-electron chi connectivity index (χ2n) is 4.67. The van der Waals surface area contributed by atoms with Crippen LogP contribution in [0.25, 0.3) is 0 Å². The normalized spacial score (nSPS) is 17.8. The van der Waals surface area contributed by atoms with Crippen molar-refractivity contribution in [3.8, 4) is 6.07 Å². The molecule has 1 aliphatic carbocycles. The zero-order valence-corrected chi connectivity index (χ0v) is 9.69. The first-order chi connectivity index (χ1) is 8.47. The molecule has 1 atom stereocenters. The number of nitriles is 1. The van der Waals surface area contributed by atoms with E-state index in [2.05, 4.69) is 6.07 Å². The van der Waals surface area contributed by atoms with Crippen LogP contribution in [0.5, 0.6) is 0 Å².